The molecule has 70 valence electrons. The molecule has 0 bridgehead atoms. The van der Waals surface area contributed by atoms with Crippen molar-refractivity contribution in [2.45, 2.75) is 18.1 Å². The van der Waals surface area contributed by atoms with Gasteiger partial charge in [-0.2, -0.15) is 24.4 Å². The number of ether oxygens (including phenoxy) is 1. The van der Waals surface area contributed by atoms with Crippen molar-refractivity contribution in [3.63, 3.8) is 0 Å². The van der Waals surface area contributed by atoms with Gasteiger partial charge in [0.25, 0.3) is 0 Å². The Labute approximate surface area is 84.4 Å². The zero-order valence-electron chi connectivity index (χ0n) is 7.24. The first kappa shape index (κ1) is 10.5. The van der Waals surface area contributed by atoms with Gasteiger partial charge in [0, 0.05) is 30.0 Å². The highest BCUT2D eigenvalue weighted by Gasteiger charge is 2.12. The zero-order chi connectivity index (χ0) is 8.65. The van der Waals surface area contributed by atoms with Crippen LogP contribution in [0, 0.1) is 0 Å². The van der Waals surface area contributed by atoms with Gasteiger partial charge in [-0.05, 0) is 12.8 Å². The van der Waals surface area contributed by atoms with E-state index in [4.69, 9.17) is 4.74 Å². The lowest BCUT2D eigenvalue weighted by molar-refractivity contribution is 0.100. The lowest BCUT2D eigenvalue weighted by Gasteiger charge is -2.20. The summed E-state index contributed by atoms with van der Waals surface area (Å²) in [6.45, 7) is 1.90. The van der Waals surface area contributed by atoms with E-state index >= 15 is 0 Å². The summed E-state index contributed by atoms with van der Waals surface area (Å²) in [5.41, 5.74) is 0. The van der Waals surface area contributed by atoms with Crippen molar-refractivity contribution in [2.24, 2.45) is 0 Å². The minimum Gasteiger partial charge on any atom is -0.381 e. The normalized spacial score (nSPS) is 20.4. The molecule has 0 aromatic carbocycles. The van der Waals surface area contributed by atoms with Gasteiger partial charge < -0.3 is 4.74 Å². The quantitative estimate of drug-likeness (QED) is 0.556. The van der Waals surface area contributed by atoms with Gasteiger partial charge in [-0.25, -0.2) is 0 Å². The number of thiol groups is 1. The van der Waals surface area contributed by atoms with Crippen LogP contribution in [0.5, 0.6) is 0 Å². The molecule has 0 spiro atoms. The van der Waals surface area contributed by atoms with Gasteiger partial charge in [-0.15, -0.1) is 0 Å². The Balaban J connectivity index is 2.01. The Morgan fingerprint density at radius 2 is 2.08 bits per heavy atom. The summed E-state index contributed by atoms with van der Waals surface area (Å²) in [5, 5.41) is 0.823. The van der Waals surface area contributed by atoms with Crippen molar-refractivity contribution < 1.29 is 4.74 Å². The largest absolute Gasteiger partial charge is 0.381 e. The van der Waals surface area contributed by atoms with Gasteiger partial charge in [0.05, 0.1) is 0 Å². The van der Waals surface area contributed by atoms with Crippen LogP contribution in [0.25, 0.3) is 0 Å². The molecule has 0 radical (unpaired) electrons. The van der Waals surface area contributed by atoms with Gasteiger partial charge in [-0.3, -0.25) is 0 Å². The average molecular weight is 204 g/mol. The molecule has 1 aliphatic heterocycles. The maximum Gasteiger partial charge on any atom is 0.0476 e. The van der Waals surface area contributed by atoms with E-state index in [-0.39, 0.29) is 0 Å². The van der Waals surface area contributed by atoms with E-state index in [0.29, 0.717) is 0 Å². The molecule has 1 saturated heterocycles. The highest BCUT2D eigenvalue weighted by molar-refractivity contribution is 8.00. The molecular weight excluding hydrogens is 188 g/mol. The summed E-state index contributed by atoms with van der Waals surface area (Å²) >= 11 is 6.14. The molecule has 0 amide bonds. The third-order valence-electron chi connectivity index (χ3n) is 1.87. The molecule has 0 unspecified atom stereocenters. The summed E-state index contributed by atoms with van der Waals surface area (Å²) in [6, 6.07) is 0. The first-order valence-corrected chi connectivity index (χ1v) is 6.07. The predicted molar refractivity (Wildman–Crippen MR) is 59.3 cm³/mol. The standard InChI is InChI=1S/C9H16OS2/c11-7-1-2-8-12-9-3-5-10-6-4-9/h1-2,9,11H,3-8H2. The number of rotatable bonds is 4. The van der Waals surface area contributed by atoms with Crippen LogP contribution in [-0.4, -0.2) is 30.0 Å². The Hall–Kier alpha value is 0.400. The molecule has 0 aromatic heterocycles. The smallest absolute Gasteiger partial charge is 0.0476 e. The third kappa shape index (κ3) is 4.43. The monoisotopic (exact) mass is 204 g/mol. The second-order valence-electron chi connectivity index (χ2n) is 2.80. The molecule has 1 fully saturated rings. The molecule has 0 aromatic rings. The first-order valence-electron chi connectivity index (χ1n) is 4.38. The summed E-state index contributed by atoms with van der Waals surface area (Å²) < 4.78 is 5.28. The van der Waals surface area contributed by atoms with Crippen LogP contribution in [0.4, 0.5) is 0 Å². The van der Waals surface area contributed by atoms with Crippen LogP contribution in [0.3, 0.4) is 0 Å². The number of hydrogen-bond donors (Lipinski definition) is 1. The SMILES string of the molecule is SCC=CCSC1CCOCC1. The molecule has 0 saturated carbocycles. The van der Waals surface area contributed by atoms with Crippen molar-refractivity contribution >= 4 is 24.4 Å². The maximum absolute atomic E-state index is 5.28. The maximum atomic E-state index is 5.28. The van der Waals surface area contributed by atoms with E-state index in [1.807, 2.05) is 11.8 Å². The highest BCUT2D eigenvalue weighted by Crippen LogP contribution is 2.21. The van der Waals surface area contributed by atoms with Crippen LogP contribution in [-0.2, 0) is 4.74 Å². The van der Waals surface area contributed by atoms with Gasteiger partial charge in [0.2, 0.25) is 0 Å². The number of thioether (sulfide) groups is 1. The van der Waals surface area contributed by atoms with Crippen molar-refractivity contribution in [1.29, 1.82) is 0 Å². The van der Waals surface area contributed by atoms with Crippen molar-refractivity contribution in [3.05, 3.63) is 12.2 Å². The van der Waals surface area contributed by atoms with E-state index in [1.165, 1.54) is 12.8 Å². The Morgan fingerprint density at radius 3 is 2.75 bits per heavy atom. The number of hydrogen-bond acceptors (Lipinski definition) is 3. The van der Waals surface area contributed by atoms with E-state index in [2.05, 4.69) is 24.8 Å². The van der Waals surface area contributed by atoms with Crippen LogP contribution in [0.1, 0.15) is 12.8 Å². The van der Waals surface area contributed by atoms with Crippen LogP contribution in [0.2, 0.25) is 0 Å². The van der Waals surface area contributed by atoms with Gasteiger partial charge in [0.1, 0.15) is 0 Å². The minimum absolute atomic E-state index is 0.823. The molecule has 1 rings (SSSR count). The molecule has 0 aliphatic carbocycles. The fraction of sp³-hybridized carbons (Fsp3) is 0.778. The molecular formula is C9H16OS2. The Bertz CT molecular complexity index is 130. The Kier molecular flexibility index (Phi) is 6.00. The zero-order valence-corrected chi connectivity index (χ0v) is 8.95. The molecule has 3 heteroatoms. The second kappa shape index (κ2) is 6.87. The lowest BCUT2D eigenvalue weighted by Crippen LogP contribution is -2.17. The first-order chi connectivity index (χ1) is 5.93. The molecule has 0 atom stereocenters. The average Bonchev–Trinajstić information content (AvgIpc) is 2.14. The topological polar surface area (TPSA) is 9.23 Å². The van der Waals surface area contributed by atoms with Crippen molar-refractivity contribution in [3.8, 4) is 0 Å². The highest BCUT2D eigenvalue weighted by atomic mass is 32.2. The Morgan fingerprint density at radius 1 is 1.33 bits per heavy atom. The van der Waals surface area contributed by atoms with Gasteiger partial charge in [-0.1, -0.05) is 12.2 Å². The molecule has 0 N–H and O–H groups in total. The third-order valence-corrected chi connectivity index (χ3v) is 3.41. The minimum atomic E-state index is 0.823. The summed E-state index contributed by atoms with van der Waals surface area (Å²) in [4.78, 5) is 0. The molecule has 1 aliphatic rings. The molecule has 12 heavy (non-hydrogen) atoms. The van der Waals surface area contributed by atoms with E-state index in [0.717, 1.165) is 30.0 Å². The predicted octanol–water partition coefficient (Wildman–Crippen LogP) is 2.38. The fourth-order valence-corrected chi connectivity index (χ4v) is 2.37. The van der Waals surface area contributed by atoms with Crippen LogP contribution < -0.4 is 0 Å². The van der Waals surface area contributed by atoms with E-state index in [1.54, 1.807) is 0 Å². The summed E-state index contributed by atoms with van der Waals surface area (Å²) in [5.74, 6) is 1.99. The second-order valence-corrected chi connectivity index (χ2v) is 4.50. The van der Waals surface area contributed by atoms with Crippen LogP contribution in [0.15, 0.2) is 12.2 Å². The van der Waals surface area contributed by atoms with Crippen LogP contribution >= 0.6 is 24.4 Å². The van der Waals surface area contributed by atoms with Gasteiger partial charge >= 0.3 is 0 Å². The summed E-state index contributed by atoms with van der Waals surface area (Å²) in [7, 11) is 0. The fourth-order valence-electron chi connectivity index (χ4n) is 1.18. The molecule has 1 nitrogen and oxygen atoms in total. The van der Waals surface area contributed by atoms with E-state index < -0.39 is 0 Å². The van der Waals surface area contributed by atoms with Crippen molar-refractivity contribution in [2.75, 3.05) is 24.7 Å². The summed E-state index contributed by atoms with van der Waals surface area (Å²) in [6.07, 6.45) is 6.75. The molecule has 1 heterocycles. The van der Waals surface area contributed by atoms with Gasteiger partial charge in [0.15, 0.2) is 0 Å². The lowest BCUT2D eigenvalue weighted by atomic mass is 10.2. The van der Waals surface area contributed by atoms with E-state index in [9.17, 15) is 0 Å². The van der Waals surface area contributed by atoms with Crippen molar-refractivity contribution in [1.82, 2.24) is 0 Å².